The van der Waals surface area contributed by atoms with E-state index in [9.17, 15) is 5.11 Å². The van der Waals surface area contributed by atoms with Gasteiger partial charge < -0.3 is 5.11 Å². The lowest BCUT2D eigenvalue weighted by molar-refractivity contribution is 0.0205. The van der Waals surface area contributed by atoms with Gasteiger partial charge in [0.15, 0.2) is 0 Å². The lowest BCUT2D eigenvalue weighted by Gasteiger charge is -2.44. The van der Waals surface area contributed by atoms with Gasteiger partial charge in [0.05, 0.1) is 6.10 Å². The van der Waals surface area contributed by atoms with Crippen LogP contribution in [0.15, 0.2) is 24.3 Å². The fourth-order valence-corrected chi connectivity index (χ4v) is 4.26. The summed E-state index contributed by atoms with van der Waals surface area (Å²) in [7, 11) is 0. The summed E-state index contributed by atoms with van der Waals surface area (Å²) in [6.07, 6.45) is 8.97. The Morgan fingerprint density at radius 3 is 2.57 bits per heavy atom. The molecule has 116 valence electrons. The van der Waals surface area contributed by atoms with Crippen LogP contribution in [0, 0.1) is 5.92 Å². The molecule has 3 atom stereocenters. The number of fused-ring (bicyclic) bond motifs is 1. The van der Waals surface area contributed by atoms with Crippen molar-refractivity contribution >= 4 is 0 Å². The molecule has 2 nitrogen and oxygen atoms in total. The van der Waals surface area contributed by atoms with Crippen LogP contribution in [0.3, 0.4) is 0 Å². The summed E-state index contributed by atoms with van der Waals surface area (Å²) >= 11 is 0. The number of piperidine rings is 1. The molecule has 1 aliphatic heterocycles. The second-order valence-corrected chi connectivity index (χ2v) is 6.86. The standard InChI is InChI=1S/C19H29NO/c1-2-15-9-11-17(12-10-15)19(21)14-20-13-5-7-16-6-3-4-8-18(16)20/h9-12,16,18-19,21H,2-8,13-14H2,1H3/t16-,18-,19?/m1/s1. The van der Waals surface area contributed by atoms with Crippen LogP contribution >= 0.6 is 0 Å². The normalized spacial score (nSPS) is 28.1. The van der Waals surface area contributed by atoms with Crippen LogP contribution in [-0.4, -0.2) is 29.1 Å². The molecular formula is C19H29NO. The Balaban J connectivity index is 1.63. The maximum Gasteiger partial charge on any atom is 0.0917 e. The van der Waals surface area contributed by atoms with Crippen LogP contribution < -0.4 is 0 Å². The largest absolute Gasteiger partial charge is 0.387 e. The lowest BCUT2D eigenvalue weighted by Crippen LogP contribution is -2.48. The van der Waals surface area contributed by atoms with Crippen molar-refractivity contribution in [3.63, 3.8) is 0 Å². The van der Waals surface area contributed by atoms with Crippen LogP contribution in [0.2, 0.25) is 0 Å². The number of nitrogens with zero attached hydrogens (tertiary/aromatic N) is 1. The average molecular weight is 287 g/mol. The number of β-amino-alcohol motifs (C(OH)–C–C–N with tert-alkyl or cyclic N) is 1. The van der Waals surface area contributed by atoms with Gasteiger partial charge in [-0.3, -0.25) is 4.90 Å². The number of aryl methyl sites for hydroxylation is 1. The predicted octanol–water partition coefficient (Wildman–Crippen LogP) is 3.94. The minimum atomic E-state index is -0.336. The van der Waals surface area contributed by atoms with Crippen molar-refractivity contribution in [3.8, 4) is 0 Å². The third-order valence-corrected chi connectivity index (χ3v) is 5.54. The maximum atomic E-state index is 10.6. The van der Waals surface area contributed by atoms with Gasteiger partial charge in [-0.05, 0) is 55.7 Å². The lowest BCUT2D eigenvalue weighted by atomic mass is 9.78. The van der Waals surface area contributed by atoms with Crippen LogP contribution in [0.25, 0.3) is 0 Å². The minimum Gasteiger partial charge on any atom is -0.387 e. The summed E-state index contributed by atoms with van der Waals surface area (Å²) in [5.74, 6) is 0.891. The topological polar surface area (TPSA) is 23.5 Å². The van der Waals surface area contributed by atoms with Gasteiger partial charge in [0.1, 0.15) is 0 Å². The van der Waals surface area contributed by atoms with E-state index in [0.29, 0.717) is 0 Å². The molecule has 1 aromatic carbocycles. The van der Waals surface area contributed by atoms with E-state index in [2.05, 4.69) is 36.1 Å². The molecule has 21 heavy (non-hydrogen) atoms. The van der Waals surface area contributed by atoms with E-state index in [4.69, 9.17) is 0 Å². The van der Waals surface area contributed by atoms with Gasteiger partial charge in [0.25, 0.3) is 0 Å². The monoisotopic (exact) mass is 287 g/mol. The minimum absolute atomic E-state index is 0.336. The van der Waals surface area contributed by atoms with Crippen molar-refractivity contribution in [2.75, 3.05) is 13.1 Å². The molecule has 0 spiro atoms. The molecule has 3 rings (SSSR count). The van der Waals surface area contributed by atoms with E-state index < -0.39 is 0 Å². The smallest absolute Gasteiger partial charge is 0.0917 e. The van der Waals surface area contributed by atoms with Gasteiger partial charge in [-0.15, -0.1) is 0 Å². The fraction of sp³-hybridized carbons (Fsp3) is 0.684. The van der Waals surface area contributed by atoms with Crippen molar-refractivity contribution < 1.29 is 5.11 Å². The molecule has 2 aliphatic rings. The van der Waals surface area contributed by atoms with Gasteiger partial charge in [0.2, 0.25) is 0 Å². The Kier molecular flexibility index (Phi) is 4.97. The van der Waals surface area contributed by atoms with E-state index in [1.165, 1.54) is 50.6 Å². The van der Waals surface area contributed by atoms with Crippen LogP contribution in [0.5, 0.6) is 0 Å². The second kappa shape index (κ2) is 6.93. The van der Waals surface area contributed by atoms with Crippen LogP contribution in [0.1, 0.15) is 62.7 Å². The Bertz CT molecular complexity index is 439. The Hall–Kier alpha value is -0.860. The number of benzene rings is 1. The molecule has 1 aliphatic carbocycles. The maximum absolute atomic E-state index is 10.6. The molecule has 1 saturated carbocycles. The molecular weight excluding hydrogens is 258 g/mol. The first-order valence-electron chi connectivity index (χ1n) is 8.79. The van der Waals surface area contributed by atoms with Gasteiger partial charge in [0, 0.05) is 12.6 Å². The number of hydrogen-bond acceptors (Lipinski definition) is 2. The molecule has 1 aromatic rings. The zero-order valence-corrected chi connectivity index (χ0v) is 13.3. The fourth-order valence-electron chi connectivity index (χ4n) is 4.26. The van der Waals surface area contributed by atoms with E-state index in [1.807, 2.05) is 0 Å². The quantitative estimate of drug-likeness (QED) is 0.907. The third-order valence-electron chi connectivity index (χ3n) is 5.54. The van der Waals surface area contributed by atoms with E-state index in [1.54, 1.807) is 0 Å². The van der Waals surface area contributed by atoms with E-state index in [0.717, 1.165) is 30.5 Å². The second-order valence-electron chi connectivity index (χ2n) is 6.86. The molecule has 0 amide bonds. The highest BCUT2D eigenvalue weighted by Gasteiger charge is 2.33. The first-order chi connectivity index (χ1) is 10.3. The molecule has 0 aromatic heterocycles. The predicted molar refractivity (Wildman–Crippen MR) is 87.3 cm³/mol. The zero-order valence-electron chi connectivity index (χ0n) is 13.3. The number of aliphatic hydroxyl groups is 1. The van der Waals surface area contributed by atoms with Gasteiger partial charge in [-0.2, -0.15) is 0 Å². The number of rotatable bonds is 4. The van der Waals surface area contributed by atoms with Crippen LogP contribution in [0.4, 0.5) is 0 Å². The van der Waals surface area contributed by atoms with Crippen molar-refractivity contribution in [2.45, 2.75) is 64.0 Å². The summed E-state index contributed by atoms with van der Waals surface area (Å²) in [5, 5.41) is 10.6. The Labute approximate surface area is 129 Å². The zero-order chi connectivity index (χ0) is 14.7. The summed E-state index contributed by atoms with van der Waals surface area (Å²) in [6.45, 7) is 4.15. The van der Waals surface area contributed by atoms with Crippen LogP contribution in [-0.2, 0) is 6.42 Å². The number of hydrogen-bond donors (Lipinski definition) is 1. The highest BCUT2D eigenvalue weighted by Crippen LogP contribution is 2.36. The van der Waals surface area contributed by atoms with Crippen molar-refractivity contribution in [3.05, 3.63) is 35.4 Å². The summed E-state index contributed by atoms with van der Waals surface area (Å²) in [5.41, 5.74) is 2.42. The van der Waals surface area contributed by atoms with Gasteiger partial charge >= 0.3 is 0 Å². The highest BCUT2D eigenvalue weighted by molar-refractivity contribution is 5.24. The van der Waals surface area contributed by atoms with Crippen molar-refractivity contribution in [1.29, 1.82) is 0 Å². The molecule has 1 heterocycles. The molecule has 0 bridgehead atoms. The molecule has 1 N–H and O–H groups in total. The van der Waals surface area contributed by atoms with Gasteiger partial charge in [-0.25, -0.2) is 0 Å². The molecule has 0 radical (unpaired) electrons. The van der Waals surface area contributed by atoms with Gasteiger partial charge in [-0.1, -0.05) is 44.0 Å². The first kappa shape index (κ1) is 15.1. The van der Waals surface area contributed by atoms with Crippen molar-refractivity contribution in [2.24, 2.45) is 5.92 Å². The SMILES string of the molecule is CCc1ccc(C(O)CN2CCC[C@H]3CCCC[C@H]32)cc1. The Morgan fingerprint density at radius 1 is 1.10 bits per heavy atom. The summed E-state index contributed by atoms with van der Waals surface area (Å²) in [4.78, 5) is 2.58. The summed E-state index contributed by atoms with van der Waals surface area (Å²) < 4.78 is 0. The molecule has 2 heteroatoms. The first-order valence-corrected chi connectivity index (χ1v) is 8.79. The molecule has 2 fully saturated rings. The van der Waals surface area contributed by atoms with E-state index >= 15 is 0 Å². The number of likely N-dealkylation sites (tertiary alicyclic amines) is 1. The summed E-state index contributed by atoms with van der Waals surface area (Å²) in [6, 6.07) is 9.24. The third kappa shape index (κ3) is 3.49. The molecule has 1 saturated heterocycles. The average Bonchev–Trinajstić information content (AvgIpc) is 2.55. The highest BCUT2D eigenvalue weighted by atomic mass is 16.3. The molecule has 1 unspecified atom stereocenters. The van der Waals surface area contributed by atoms with E-state index in [-0.39, 0.29) is 6.10 Å². The number of aliphatic hydroxyl groups excluding tert-OH is 1. The van der Waals surface area contributed by atoms with Crippen molar-refractivity contribution in [1.82, 2.24) is 4.90 Å². The Morgan fingerprint density at radius 2 is 1.81 bits per heavy atom.